The summed E-state index contributed by atoms with van der Waals surface area (Å²) >= 11 is 0. The van der Waals surface area contributed by atoms with Crippen LogP contribution in [0.3, 0.4) is 0 Å². The van der Waals surface area contributed by atoms with E-state index in [1.54, 1.807) is 6.07 Å². The van der Waals surface area contributed by atoms with Crippen molar-refractivity contribution in [2.24, 2.45) is 5.73 Å². The lowest BCUT2D eigenvalue weighted by Gasteiger charge is -2.11. The third-order valence-corrected chi connectivity index (χ3v) is 2.32. The maximum atomic E-state index is 12.9. The van der Waals surface area contributed by atoms with E-state index in [9.17, 15) is 8.78 Å². The van der Waals surface area contributed by atoms with Crippen molar-refractivity contribution in [2.45, 2.75) is 25.8 Å². The van der Waals surface area contributed by atoms with E-state index >= 15 is 0 Å². The molecule has 0 amide bonds. The molecule has 16 heavy (non-hydrogen) atoms. The minimum Gasteiger partial charge on any atom is -0.382 e. The first kappa shape index (κ1) is 13.1. The van der Waals surface area contributed by atoms with E-state index < -0.39 is 11.6 Å². The van der Waals surface area contributed by atoms with Crippen molar-refractivity contribution >= 4 is 0 Å². The van der Waals surface area contributed by atoms with E-state index in [1.807, 2.05) is 6.92 Å². The van der Waals surface area contributed by atoms with E-state index in [4.69, 9.17) is 10.5 Å². The largest absolute Gasteiger partial charge is 0.382 e. The molecule has 0 fully saturated rings. The zero-order chi connectivity index (χ0) is 12.0. The molecule has 0 heterocycles. The van der Waals surface area contributed by atoms with Gasteiger partial charge in [-0.05, 0) is 37.5 Å². The predicted molar refractivity (Wildman–Crippen MR) is 59.1 cm³/mol. The van der Waals surface area contributed by atoms with Gasteiger partial charge < -0.3 is 10.5 Å². The molecule has 0 bridgehead atoms. The molecule has 1 unspecified atom stereocenters. The van der Waals surface area contributed by atoms with E-state index in [1.165, 1.54) is 6.07 Å². The highest BCUT2D eigenvalue weighted by molar-refractivity contribution is 5.18. The predicted octanol–water partition coefficient (Wildman–Crippen LogP) is 2.26. The fourth-order valence-electron chi connectivity index (χ4n) is 1.45. The summed E-state index contributed by atoms with van der Waals surface area (Å²) in [4.78, 5) is 0. The minimum atomic E-state index is -0.827. The van der Waals surface area contributed by atoms with Gasteiger partial charge in [-0.2, -0.15) is 0 Å². The van der Waals surface area contributed by atoms with Gasteiger partial charge in [-0.1, -0.05) is 6.07 Å². The van der Waals surface area contributed by atoms with Crippen LogP contribution in [0.2, 0.25) is 0 Å². The number of benzene rings is 1. The lowest BCUT2D eigenvalue weighted by molar-refractivity contribution is 0.140. The molecular formula is C12H17F2NO. The summed E-state index contributed by atoms with van der Waals surface area (Å²) in [5.74, 6) is -1.65. The van der Waals surface area contributed by atoms with Crippen LogP contribution in [0.4, 0.5) is 8.78 Å². The van der Waals surface area contributed by atoms with Gasteiger partial charge in [-0.25, -0.2) is 8.78 Å². The van der Waals surface area contributed by atoms with Gasteiger partial charge in [0.25, 0.3) is 0 Å². The van der Waals surface area contributed by atoms with Crippen molar-refractivity contribution in [1.82, 2.24) is 0 Å². The van der Waals surface area contributed by atoms with Crippen LogP contribution in [0.5, 0.6) is 0 Å². The van der Waals surface area contributed by atoms with Crippen molar-refractivity contribution in [1.29, 1.82) is 0 Å². The molecule has 1 rings (SSSR count). The molecule has 2 N–H and O–H groups in total. The normalized spacial score (nSPS) is 12.8. The van der Waals surface area contributed by atoms with Gasteiger partial charge in [-0.3, -0.25) is 0 Å². The summed E-state index contributed by atoms with van der Waals surface area (Å²) in [6.45, 7) is 3.18. The molecule has 4 heteroatoms. The Morgan fingerprint density at radius 3 is 2.69 bits per heavy atom. The molecule has 2 nitrogen and oxygen atoms in total. The Bertz CT molecular complexity index is 331. The molecule has 1 aromatic carbocycles. The second-order valence-electron chi connectivity index (χ2n) is 3.70. The summed E-state index contributed by atoms with van der Waals surface area (Å²) in [7, 11) is 0. The Balaban J connectivity index is 2.43. The third kappa shape index (κ3) is 4.24. The van der Waals surface area contributed by atoms with E-state index in [0.717, 1.165) is 6.07 Å². The summed E-state index contributed by atoms with van der Waals surface area (Å²) in [6.07, 6.45) is 1.25. The maximum absolute atomic E-state index is 12.9. The lowest BCUT2D eigenvalue weighted by Crippen LogP contribution is -2.24. The SMILES string of the molecule is CCOCCC(N)Cc1ccc(F)c(F)c1. The zero-order valence-corrected chi connectivity index (χ0v) is 9.38. The van der Waals surface area contributed by atoms with Crippen molar-refractivity contribution in [2.75, 3.05) is 13.2 Å². The van der Waals surface area contributed by atoms with Gasteiger partial charge in [0.1, 0.15) is 0 Å². The number of hydrogen-bond donors (Lipinski definition) is 1. The second kappa shape index (κ2) is 6.55. The molecule has 90 valence electrons. The molecule has 1 atom stereocenters. The smallest absolute Gasteiger partial charge is 0.159 e. The lowest BCUT2D eigenvalue weighted by atomic mass is 10.0. The molecule has 0 spiro atoms. The molecule has 0 aliphatic carbocycles. The Hall–Kier alpha value is -1.00. The number of rotatable bonds is 6. The number of nitrogens with two attached hydrogens (primary N) is 1. The third-order valence-electron chi connectivity index (χ3n) is 2.32. The Labute approximate surface area is 94.4 Å². The van der Waals surface area contributed by atoms with E-state index in [2.05, 4.69) is 0 Å². The first-order valence-electron chi connectivity index (χ1n) is 5.40. The van der Waals surface area contributed by atoms with E-state index in [-0.39, 0.29) is 6.04 Å². The number of halogens is 2. The maximum Gasteiger partial charge on any atom is 0.159 e. The highest BCUT2D eigenvalue weighted by atomic mass is 19.2. The van der Waals surface area contributed by atoms with Crippen LogP contribution in [0, 0.1) is 11.6 Å². The highest BCUT2D eigenvalue weighted by Gasteiger charge is 2.07. The average molecular weight is 229 g/mol. The summed E-state index contributed by atoms with van der Waals surface area (Å²) in [5, 5.41) is 0. The Kier molecular flexibility index (Phi) is 5.35. The average Bonchev–Trinajstić information content (AvgIpc) is 2.24. The van der Waals surface area contributed by atoms with Crippen molar-refractivity contribution in [3.05, 3.63) is 35.4 Å². The zero-order valence-electron chi connectivity index (χ0n) is 9.38. The molecule has 1 aromatic rings. The van der Waals surface area contributed by atoms with Crippen LogP contribution in [0.25, 0.3) is 0 Å². The van der Waals surface area contributed by atoms with Crippen LogP contribution in [0.15, 0.2) is 18.2 Å². The van der Waals surface area contributed by atoms with Crippen LogP contribution in [-0.4, -0.2) is 19.3 Å². The van der Waals surface area contributed by atoms with Crippen LogP contribution in [-0.2, 0) is 11.2 Å². The summed E-state index contributed by atoms with van der Waals surface area (Å²) in [5.41, 5.74) is 6.55. The van der Waals surface area contributed by atoms with Crippen molar-refractivity contribution in [3.63, 3.8) is 0 Å². The second-order valence-corrected chi connectivity index (χ2v) is 3.70. The molecule has 0 radical (unpaired) electrons. The van der Waals surface area contributed by atoms with Crippen molar-refractivity contribution < 1.29 is 13.5 Å². The number of hydrogen-bond acceptors (Lipinski definition) is 2. The first-order chi connectivity index (χ1) is 7.63. The van der Waals surface area contributed by atoms with Gasteiger partial charge in [0, 0.05) is 19.3 Å². The first-order valence-corrected chi connectivity index (χ1v) is 5.40. The van der Waals surface area contributed by atoms with Crippen LogP contribution >= 0.6 is 0 Å². The molecule has 0 aromatic heterocycles. The van der Waals surface area contributed by atoms with Crippen molar-refractivity contribution in [3.8, 4) is 0 Å². The minimum absolute atomic E-state index is 0.0867. The molecular weight excluding hydrogens is 212 g/mol. The fraction of sp³-hybridized carbons (Fsp3) is 0.500. The standard InChI is InChI=1S/C12H17F2NO/c1-2-16-6-5-10(15)7-9-3-4-11(13)12(14)8-9/h3-4,8,10H,2,5-7,15H2,1H3. The fourth-order valence-corrected chi connectivity index (χ4v) is 1.45. The highest BCUT2D eigenvalue weighted by Crippen LogP contribution is 2.10. The Morgan fingerprint density at radius 1 is 1.31 bits per heavy atom. The number of ether oxygens (including phenoxy) is 1. The quantitative estimate of drug-likeness (QED) is 0.759. The van der Waals surface area contributed by atoms with Gasteiger partial charge in [0.2, 0.25) is 0 Å². The Morgan fingerprint density at radius 2 is 2.06 bits per heavy atom. The van der Waals surface area contributed by atoms with E-state index in [0.29, 0.717) is 31.6 Å². The van der Waals surface area contributed by atoms with Crippen LogP contribution in [0.1, 0.15) is 18.9 Å². The summed E-state index contributed by atoms with van der Waals surface area (Å²) in [6, 6.07) is 3.78. The molecule has 0 aliphatic heterocycles. The van der Waals surface area contributed by atoms with Gasteiger partial charge in [-0.15, -0.1) is 0 Å². The van der Waals surface area contributed by atoms with Crippen LogP contribution < -0.4 is 5.73 Å². The molecule has 0 saturated heterocycles. The van der Waals surface area contributed by atoms with Gasteiger partial charge >= 0.3 is 0 Å². The topological polar surface area (TPSA) is 35.2 Å². The molecule has 0 aliphatic rings. The monoisotopic (exact) mass is 229 g/mol. The van der Waals surface area contributed by atoms with Gasteiger partial charge in [0.15, 0.2) is 11.6 Å². The van der Waals surface area contributed by atoms with Gasteiger partial charge in [0.05, 0.1) is 0 Å². The molecule has 0 saturated carbocycles. The summed E-state index contributed by atoms with van der Waals surface area (Å²) < 4.78 is 30.7.